The van der Waals surface area contributed by atoms with Crippen LogP contribution < -0.4 is 4.74 Å². The van der Waals surface area contributed by atoms with E-state index in [9.17, 15) is 0 Å². The molecule has 0 bridgehead atoms. The molecule has 102 valence electrons. The summed E-state index contributed by atoms with van der Waals surface area (Å²) in [7, 11) is 1.76. The highest BCUT2D eigenvalue weighted by Gasteiger charge is 2.66. The maximum atomic E-state index is 6.04. The van der Waals surface area contributed by atoms with Crippen molar-refractivity contribution in [1.82, 2.24) is 0 Å². The van der Waals surface area contributed by atoms with Crippen molar-refractivity contribution in [2.45, 2.75) is 56.7 Å². The topological polar surface area (TPSA) is 21.8 Å². The van der Waals surface area contributed by atoms with E-state index in [-0.39, 0.29) is 11.0 Å². The van der Waals surface area contributed by atoms with Crippen molar-refractivity contribution in [3.05, 3.63) is 29.3 Å². The second-order valence-electron chi connectivity index (χ2n) is 6.86. The van der Waals surface area contributed by atoms with E-state index in [1.54, 1.807) is 7.11 Å². The van der Waals surface area contributed by atoms with E-state index < -0.39 is 0 Å². The quantitative estimate of drug-likeness (QED) is 0.719. The molecule has 3 aliphatic rings. The molecule has 1 saturated carbocycles. The molecule has 0 spiro atoms. The molecule has 0 N–H and O–H groups in total. The van der Waals surface area contributed by atoms with E-state index in [1.807, 2.05) is 0 Å². The van der Waals surface area contributed by atoms with Crippen LogP contribution in [0.5, 0.6) is 5.75 Å². The second-order valence-corrected chi connectivity index (χ2v) is 6.86. The van der Waals surface area contributed by atoms with Crippen LogP contribution in [0.4, 0.5) is 0 Å². The zero-order valence-electron chi connectivity index (χ0n) is 12.0. The van der Waals surface area contributed by atoms with Crippen LogP contribution in [0.15, 0.2) is 18.2 Å². The fraction of sp³-hybridized carbons (Fsp3) is 0.647. The molecule has 2 nitrogen and oxygen atoms in total. The number of hydrogen-bond donors (Lipinski definition) is 0. The largest absolute Gasteiger partial charge is 0.497 e. The molecular formula is C17H22O2. The lowest BCUT2D eigenvalue weighted by molar-refractivity contribution is 0.124. The van der Waals surface area contributed by atoms with Crippen molar-refractivity contribution in [2.24, 2.45) is 5.92 Å². The van der Waals surface area contributed by atoms with Crippen molar-refractivity contribution in [3.8, 4) is 5.75 Å². The van der Waals surface area contributed by atoms with Gasteiger partial charge >= 0.3 is 0 Å². The molecule has 4 atom stereocenters. The van der Waals surface area contributed by atoms with Crippen LogP contribution in [0.3, 0.4) is 0 Å². The number of aryl methyl sites for hydroxylation is 1. The average molecular weight is 258 g/mol. The molecule has 1 heterocycles. The molecule has 1 aromatic rings. The van der Waals surface area contributed by atoms with Gasteiger partial charge in [0.15, 0.2) is 0 Å². The molecule has 4 unspecified atom stereocenters. The maximum Gasteiger partial charge on any atom is 0.119 e. The van der Waals surface area contributed by atoms with Crippen LogP contribution in [0.2, 0.25) is 0 Å². The Hall–Kier alpha value is -1.02. The van der Waals surface area contributed by atoms with Gasteiger partial charge in [-0.05, 0) is 67.2 Å². The van der Waals surface area contributed by atoms with E-state index in [2.05, 4.69) is 32.0 Å². The third kappa shape index (κ3) is 1.41. The predicted molar refractivity (Wildman–Crippen MR) is 74.7 cm³/mol. The molecule has 0 amide bonds. The van der Waals surface area contributed by atoms with Crippen molar-refractivity contribution in [2.75, 3.05) is 7.11 Å². The van der Waals surface area contributed by atoms with Gasteiger partial charge in [-0.15, -0.1) is 0 Å². The minimum Gasteiger partial charge on any atom is -0.497 e. The molecule has 1 saturated heterocycles. The van der Waals surface area contributed by atoms with E-state index >= 15 is 0 Å². The summed E-state index contributed by atoms with van der Waals surface area (Å²) >= 11 is 0. The lowest BCUT2D eigenvalue weighted by atomic mass is 9.55. The zero-order chi connectivity index (χ0) is 13.3. The summed E-state index contributed by atoms with van der Waals surface area (Å²) in [6.07, 6.45) is 5.43. The maximum absolute atomic E-state index is 6.04. The van der Waals surface area contributed by atoms with Gasteiger partial charge in [0, 0.05) is 0 Å². The Morgan fingerprint density at radius 3 is 2.89 bits per heavy atom. The third-order valence-electron chi connectivity index (χ3n) is 6.00. The van der Waals surface area contributed by atoms with Gasteiger partial charge in [-0.2, -0.15) is 0 Å². The van der Waals surface area contributed by atoms with Gasteiger partial charge in [-0.1, -0.05) is 13.0 Å². The van der Waals surface area contributed by atoms with E-state index in [1.165, 1.54) is 36.8 Å². The summed E-state index contributed by atoms with van der Waals surface area (Å²) in [6, 6.07) is 6.63. The number of ether oxygens (including phenoxy) is 2. The number of fused-ring (bicyclic) bond motifs is 5. The first-order valence-corrected chi connectivity index (χ1v) is 7.43. The van der Waals surface area contributed by atoms with Gasteiger partial charge in [0.05, 0.1) is 18.8 Å². The monoisotopic (exact) mass is 258 g/mol. The van der Waals surface area contributed by atoms with Gasteiger partial charge in [-0.25, -0.2) is 0 Å². The Morgan fingerprint density at radius 2 is 2.11 bits per heavy atom. The first-order valence-electron chi connectivity index (χ1n) is 7.43. The number of rotatable bonds is 1. The smallest absolute Gasteiger partial charge is 0.119 e. The molecule has 1 aliphatic heterocycles. The predicted octanol–water partition coefficient (Wildman–Crippen LogP) is 3.47. The summed E-state index contributed by atoms with van der Waals surface area (Å²) in [5, 5.41) is 0. The van der Waals surface area contributed by atoms with Crippen molar-refractivity contribution in [1.29, 1.82) is 0 Å². The van der Waals surface area contributed by atoms with E-state index in [0.717, 1.165) is 5.75 Å². The minimum atomic E-state index is 0.147. The van der Waals surface area contributed by atoms with Crippen LogP contribution in [-0.4, -0.2) is 18.8 Å². The molecule has 19 heavy (non-hydrogen) atoms. The summed E-state index contributed by atoms with van der Waals surface area (Å²) in [4.78, 5) is 0. The van der Waals surface area contributed by atoms with Crippen LogP contribution >= 0.6 is 0 Å². The van der Waals surface area contributed by atoms with Crippen LogP contribution in [0.1, 0.15) is 44.2 Å². The highest BCUT2D eigenvalue weighted by atomic mass is 16.6. The minimum absolute atomic E-state index is 0.147. The second kappa shape index (κ2) is 3.54. The van der Waals surface area contributed by atoms with Crippen molar-refractivity contribution in [3.63, 3.8) is 0 Å². The Bertz CT molecular complexity index is 538. The molecule has 2 heteroatoms. The Kier molecular flexibility index (Phi) is 2.20. The van der Waals surface area contributed by atoms with Crippen LogP contribution in [-0.2, 0) is 16.6 Å². The van der Waals surface area contributed by atoms with Gasteiger partial charge in [0.2, 0.25) is 0 Å². The molecular weight excluding hydrogens is 236 g/mol. The van der Waals surface area contributed by atoms with Crippen molar-refractivity contribution >= 4 is 0 Å². The third-order valence-corrected chi connectivity index (χ3v) is 6.00. The van der Waals surface area contributed by atoms with Gasteiger partial charge < -0.3 is 9.47 Å². The Balaban J connectivity index is 1.84. The van der Waals surface area contributed by atoms with Crippen molar-refractivity contribution < 1.29 is 9.47 Å². The standard InChI is InChI=1S/C17H22O2/c1-16-9-8-15-17(2,19-15)14(16)7-5-11-4-6-12(18-3)10-13(11)16/h4,6,10,14-15H,5,7-9H2,1-3H3. The Morgan fingerprint density at radius 1 is 1.26 bits per heavy atom. The first kappa shape index (κ1) is 11.8. The molecule has 2 aliphatic carbocycles. The number of hydrogen-bond acceptors (Lipinski definition) is 2. The van der Waals surface area contributed by atoms with Crippen LogP contribution in [0.25, 0.3) is 0 Å². The van der Waals surface area contributed by atoms with Gasteiger partial charge in [0.25, 0.3) is 0 Å². The number of epoxide rings is 1. The first-order chi connectivity index (χ1) is 9.08. The molecule has 1 aromatic carbocycles. The zero-order valence-corrected chi connectivity index (χ0v) is 12.0. The van der Waals surface area contributed by atoms with Gasteiger partial charge in [-0.3, -0.25) is 0 Å². The summed E-state index contributed by atoms with van der Waals surface area (Å²) in [5.74, 6) is 1.66. The average Bonchev–Trinajstić information content (AvgIpc) is 3.10. The summed E-state index contributed by atoms with van der Waals surface area (Å²) < 4.78 is 11.5. The molecule has 4 rings (SSSR count). The van der Waals surface area contributed by atoms with Gasteiger partial charge in [0.1, 0.15) is 5.75 Å². The SMILES string of the molecule is COc1ccc2c(c1)C1(C)CCC3OC3(C)C1CC2. The van der Waals surface area contributed by atoms with Crippen LogP contribution in [0, 0.1) is 5.92 Å². The fourth-order valence-corrected chi connectivity index (χ4v) is 4.82. The highest BCUT2D eigenvalue weighted by Crippen LogP contribution is 2.62. The lowest BCUT2D eigenvalue weighted by Crippen LogP contribution is -2.48. The highest BCUT2D eigenvalue weighted by molar-refractivity contribution is 5.44. The molecule has 0 radical (unpaired) electrons. The summed E-state index contributed by atoms with van der Waals surface area (Å²) in [6.45, 7) is 4.77. The van der Waals surface area contributed by atoms with E-state index in [0.29, 0.717) is 12.0 Å². The Labute approximate surface area is 115 Å². The summed E-state index contributed by atoms with van der Waals surface area (Å²) in [5.41, 5.74) is 3.44. The molecule has 0 aromatic heterocycles. The van der Waals surface area contributed by atoms with E-state index in [4.69, 9.17) is 9.47 Å². The fourth-order valence-electron chi connectivity index (χ4n) is 4.82. The number of methoxy groups -OCH3 is 1. The number of benzene rings is 1. The lowest BCUT2D eigenvalue weighted by Gasteiger charge is -2.47. The normalized spacial score (nSPS) is 42.9. The molecule has 2 fully saturated rings.